The number of ether oxygens (including phenoxy) is 1. The number of hydrogen-bond acceptors (Lipinski definition) is 7. The Morgan fingerprint density at radius 2 is 1.94 bits per heavy atom. The summed E-state index contributed by atoms with van der Waals surface area (Å²) in [5, 5.41) is 13.6. The quantitative estimate of drug-likeness (QED) is 0.260. The van der Waals surface area contributed by atoms with Crippen LogP contribution in [0.2, 0.25) is 0 Å². The molecule has 3 rings (SSSR count). The number of thiazole rings is 1. The number of non-ortho nitro benzene ring substituents is 1. The average Bonchev–Trinajstić information content (AvgIpc) is 3.01. The monoisotopic (exact) mass is 441 g/mol. The smallest absolute Gasteiger partial charge is 0.308 e. The number of nitrogens with zero attached hydrogens (tertiary/aromatic N) is 2. The minimum Gasteiger partial charge on any atom is -0.426 e. The van der Waals surface area contributed by atoms with Gasteiger partial charge in [0, 0.05) is 36.9 Å². The molecule has 0 bridgehead atoms. The van der Waals surface area contributed by atoms with Gasteiger partial charge in [-0.1, -0.05) is 41.7 Å². The highest BCUT2D eigenvalue weighted by molar-refractivity contribution is 7.11. The van der Waals surface area contributed by atoms with Crippen LogP contribution in [0.25, 0.3) is 0 Å². The summed E-state index contributed by atoms with van der Waals surface area (Å²) in [6.07, 6.45) is 0. The van der Waals surface area contributed by atoms with Gasteiger partial charge in [-0.05, 0) is 18.6 Å². The van der Waals surface area contributed by atoms with E-state index in [1.54, 1.807) is 43.3 Å². The molecule has 0 saturated carbocycles. The third kappa shape index (κ3) is 5.23. The number of nitro groups is 1. The van der Waals surface area contributed by atoms with Gasteiger partial charge in [-0.25, -0.2) is 0 Å². The van der Waals surface area contributed by atoms with E-state index in [4.69, 9.17) is 4.74 Å². The van der Waals surface area contributed by atoms with Gasteiger partial charge < -0.3 is 10.1 Å². The molecule has 0 saturated heterocycles. The molecular formula is C21H19N3O6S. The van der Waals surface area contributed by atoms with Gasteiger partial charge in [0.1, 0.15) is 10.6 Å². The van der Waals surface area contributed by atoms with Gasteiger partial charge in [-0.2, -0.15) is 0 Å². The molecule has 31 heavy (non-hydrogen) atoms. The van der Waals surface area contributed by atoms with Gasteiger partial charge in [-0.3, -0.25) is 29.1 Å². The van der Waals surface area contributed by atoms with E-state index in [1.165, 1.54) is 23.6 Å². The van der Waals surface area contributed by atoms with E-state index in [0.717, 1.165) is 11.3 Å². The van der Waals surface area contributed by atoms with E-state index in [2.05, 4.69) is 5.32 Å². The van der Waals surface area contributed by atoms with Gasteiger partial charge in [0.05, 0.1) is 11.5 Å². The summed E-state index contributed by atoms with van der Waals surface area (Å²) in [6, 6.07) is 12.8. The minimum atomic E-state index is -0.505. The van der Waals surface area contributed by atoms with Crippen LogP contribution < -0.4 is 14.9 Å². The molecule has 1 amide bonds. The van der Waals surface area contributed by atoms with Crippen molar-refractivity contribution in [1.82, 2.24) is 9.88 Å². The van der Waals surface area contributed by atoms with Crippen LogP contribution >= 0.6 is 11.3 Å². The molecule has 1 aromatic heterocycles. The molecule has 0 aliphatic rings. The molecule has 2 aromatic carbocycles. The second kappa shape index (κ2) is 9.35. The first-order valence-electron chi connectivity index (χ1n) is 9.24. The van der Waals surface area contributed by atoms with Crippen LogP contribution in [-0.4, -0.2) is 21.4 Å². The Hall–Kier alpha value is -3.79. The average molecular weight is 441 g/mol. The zero-order valence-electron chi connectivity index (χ0n) is 16.8. The summed E-state index contributed by atoms with van der Waals surface area (Å²) < 4.78 is 6.63. The third-order valence-electron chi connectivity index (χ3n) is 4.48. The molecule has 0 aliphatic carbocycles. The molecule has 0 spiro atoms. The van der Waals surface area contributed by atoms with Gasteiger partial charge >= 0.3 is 10.8 Å². The predicted octanol–water partition coefficient (Wildman–Crippen LogP) is 3.03. The molecule has 0 aliphatic heterocycles. The number of carbonyl (C=O) groups is 2. The lowest BCUT2D eigenvalue weighted by Crippen LogP contribution is -2.23. The lowest BCUT2D eigenvalue weighted by molar-refractivity contribution is -0.384. The van der Waals surface area contributed by atoms with E-state index in [9.17, 15) is 24.5 Å². The number of benzene rings is 2. The van der Waals surface area contributed by atoms with Crippen LogP contribution in [0.4, 0.5) is 5.69 Å². The molecule has 0 fully saturated rings. The molecule has 10 heteroatoms. The number of nitrogens with one attached hydrogen (secondary N) is 1. The normalized spacial score (nSPS) is 10.5. The highest BCUT2D eigenvalue weighted by atomic mass is 32.1. The fourth-order valence-electron chi connectivity index (χ4n) is 2.97. The van der Waals surface area contributed by atoms with Crippen molar-refractivity contribution >= 4 is 28.9 Å². The number of hydrogen-bond donors (Lipinski definition) is 1. The molecule has 0 atom stereocenters. The van der Waals surface area contributed by atoms with Crippen molar-refractivity contribution in [1.29, 1.82) is 0 Å². The Bertz CT molecular complexity index is 1210. The Labute approximate surface area is 181 Å². The molecular weight excluding hydrogens is 422 g/mol. The maximum absolute atomic E-state index is 12.6. The highest BCUT2D eigenvalue weighted by Gasteiger charge is 2.19. The predicted molar refractivity (Wildman–Crippen MR) is 114 cm³/mol. The van der Waals surface area contributed by atoms with Crippen LogP contribution in [0.5, 0.6) is 5.75 Å². The fourth-order valence-corrected chi connectivity index (χ4v) is 3.88. The summed E-state index contributed by atoms with van der Waals surface area (Å²) in [7, 11) is 0. The number of carbonyl (C=O) groups excluding carboxylic acids is 2. The minimum absolute atomic E-state index is 0.0646. The number of rotatable bonds is 7. The Morgan fingerprint density at radius 3 is 2.65 bits per heavy atom. The lowest BCUT2D eigenvalue weighted by Gasteiger charge is -2.10. The molecule has 1 N–H and O–H groups in total. The first kappa shape index (κ1) is 21.9. The van der Waals surface area contributed by atoms with Crippen molar-refractivity contribution in [2.75, 3.05) is 0 Å². The maximum Gasteiger partial charge on any atom is 0.308 e. The number of esters is 1. The van der Waals surface area contributed by atoms with Crippen LogP contribution in [0.3, 0.4) is 0 Å². The molecule has 9 nitrogen and oxygen atoms in total. The fraction of sp³-hybridized carbons (Fsp3) is 0.190. The number of nitro benzene ring substituents is 1. The highest BCUT2D eigenvalue weighted by Crippen LogP contribution is 2.21. The Kier molecular flexibility index (Phi) is 6.61. The van der Waals surface area contributed by atoms with Crippen molar-refractivity contribution in [3.8, 4) is 5.75 Å². The Balaban J connectivity index is 1.78. The number of amides is 1. The second-order valence-electron chi connectivity index (χ2n) is 6.68. The lowest BCUT2D eigenvalue weighted by atomic mass is 10.2. The van der Waals surface area contributed by atoms with Gasteiger partial charge in [0.2, 0.25) is 0 Å². The SMILES string of the molecule is CC(=O)Oc1ccccc1Cn1c(C)c(C(=O)NCc2cccc([N+](=O)[O-])c2)sc1=O. The summed E-state index contributed by atoms with van der Waals surface area (Å²) in [6.45, 7) is 3.18. The topological polar surface area (TPSA) is 121 Å². The summed E-state index contributed by atoms with van der Waals surface area (Å²) in [4.78, 5) is 46.8. The van der Waals surface area contributed by atoms with Crippen LogP contribution in [-0.2, 0) is 17.9 Å². The van der Waals surface area contributed by atoms with Crippen molar-refractivity contribution in [3.63, 3.8) is 0 Å². The summed E-state index contributed by atoms with van der Waals surface area (Å²) in [5.41, 5.74) is 1.61. The van der Waals surface area contributed by atoms with Gasteiger partial charge in [0.25, 0.3) is 11.6 Å². The molecule has 0 unspecified atom stereocenters. The van der Waals surface area contributed by atoms with Gasteiger partial charge in [0.15, 0.2) is 0 Å². The van der Waals surface area contributed by atoms with E-state index in [1.807, 2.05) is 0 Å². The first-order valence-corrected chi connectivity index (χ1v) is 10.1. The zero-order chi connectivity index (χ0) is 22.5. The molecule has 0 radical (unpaired) electrons. The van der Waals surface area contributed by atoms with E-state index in [0.29, 0.717) is 22.6 Å². The summed E-state index contributed by atoms with van der Waals surface area (Å²) >= 11 is 0.811. The third-order valence-corrected chi connectivity index (χ3v) is 5.56. The zero-order valence-corrected chi connectivity index (χ0v) is 17.6. The van der Waals surface area contributed by atoms with Gasteiger partial charge in [-0.15, -0.1) is 0 Å². The van der Waals surface area contributed by atoms with Crippen LogP contribution in [0.15, 0.2) is 53.3 Å². The largest absolute Gasteiger partial charge is 0.426 e. The maximum atomic E-state index is 12.6. The second-order valence-corrected chi connectivity index (χ2v) is 7.64. The van der Waals surface area contributed by atoms with Crippen LogP contribution in [0, 0.1) is 17.0 Å². The Morgan fingerprint density at radius 1 is 1.19 bits per heavy atom. The molecule has 3 aromatic rings. The van der Waals surface area contributed by atoms with Crippen molar-refractivity contribution in [3.05, 3.63) is 90.0 Å². The van der Waals surface area contributed by atoms with E-state index < -0.39 is 16.8 Å². The van der Waals surface area contributed by atoms with E-state index in [-0.39, 0.29) is 28.5 Å². The number of aromatic nitrogens is 1. The first-order chi connectivity index (χ1) is 14.8. The van der Waals surface area contributed by atoms with Crippen LogP contribution in [0.1, 0.15) is 33.4 Å². The molecule has 160 valence electrons. The van der Waals surface area contributed by atoms with Crippen molar-refractivity contribution < 1.29 is 19.2 Å². The number of para-hydroxylation sites is 1. The molecule has 1 heterocycles. The summed E-state index contributed by atoms with van der Waals surface area (Å²) in [5.74, 6) is -0.564. The van der Waals surface area contributed by atoms with Crippen molar-refractivity contribution in [2.45, 2.75) is 26.9 Å². The standard InChI is InChI=1S/C21H19N3O6S/c1-13-19(20(26)22-11-15-6-5-8-17(10-15)24(28)29)31-21(27)23(13)12-16-7-3-4-9-18(16)30-14(2)25/h3-10H,11-12H2,1-2H3,(H,22,26). The van der Waals surface area contributed by atoms with E-state index >= 15 is 0 Å². The van der Waals surface area contributed by atoms with Crippen molar-refractivity contribution in [2.24, 2.45) is 0 Å².